The molecule has 0 spiro atoms. The number of benzene rings is 1. The highest BCUT2D eigenvalue weighted by atomic mass is 79.9. The first kappa shape index (κ1) is 18.2. The fourth-order valence-corrected chi connectivity index (χ4v) is 2.49. The number of hydrogen-bond acceptors (Lipinski definition) is 3. The summed E-state index contributed by atoms with van der Waals surface area (Å²) >= 11 is 3.44. The Morgan fingerprint density at radius 3 is 2.43 bits per heavy atom. The van der Waals surface area contributed by atoms with E-state index in [1.807, 2.05) is 44.4 Å². The summed E-state index contributed by atoms with van der Waals surface area (Å²) in [4.78, 5) is 14.1. The summed E-state index contributed by atoms with van der Waals surface area (Å²) < 4.78 is 5.79. The van der Waals surface area contributed by atoms with Gasteiger partial charge in [0.1, 0.15) is 10.9 Å². The van der Waals surface area contributed by atoms with Gasteiger partial charge < -0.3 is 9.64 Å². The van der Waals surface area contributed by atoms with Crippen LogP contribution in [-0.4, -0.2) is 35.8 Å². The van der Waals surface area contributed by atoms with Crippen molar-refractivity contribution in [3.05, 3.63) is 35.9 Å². The molecule has 0 aliphatic heterocycles. The van der Waals surface area contributed by atoms with Crippen molar-refractivity contribution in [2.75, 3.05) is 14.1 Å². The summed E-state index contributed by atoms with van der Waals surface area (Å²) in [5, 5.41) is 0. The molecule has 0 saturated carbocycles. The van der Waals surface area contributed by atoms with Crippen LogP contribution in [0.5, 0.6) is 0 Å². The van der Waals surface area contributed by atoms with Gasteiger partial charge >= 0.3 is 5.97 Å². The minimum absolute atomic E-state index is 0.113. The van der Waals surface area contributed by atoms with E-state index in [0.29, 0.717) is 0 Å². The van der Waals surface area contributed by atoms with Gasteiger partial charge in [0.2, 0.25) is 0 Å². The Balaban J connectivity index is 2.81. The maximum absolute atomic E-state index is 12.3. The van der Waals surface area contributed by atoms with Crippen molar-refractivity contribution in [1.82, 2.24) is 4.90 Å². The molecule has 0 bridgehead atoms. The van der Waals surface area contributed by atoms with Crippen molar-refractivity contribution >= 4 is 21.9 Å². The van der Waals surface area contributed by atoms with Crippen LogP contribution in [0.3, 0.4) is 0 Å². The van der Waals surface area contributed by atoms with E-state index in [2.05, 4.69) is 34.7 Å². The van der Waals surface area contributed by atoms with E-state index in [1.165, 1.54) is 0 Å². The molecule has 118 valence electrons. The Labute approximate surface area is 136 Å². The number of hydrogen-bond donors (Lipinski definition) is 0. The quantitative estimate of drug-likeness (QED) is 0.517. The van der Waals surface area contributed by atoms with Crippen LogP contribution in [0.25, 0.3) is 0 Å². The minimum Gasteiger partial charge on any atom is -0.455 e. The van der Waals surface area contributed by atoms with Crippen molar-refractivity contribution in [3.63, 3.8) is 0 Å². The summed E-state index contributed by atoms with van der Waals surface area (Å²) in [5.74, 6) is -0.175. The van der Waals surface area contributed by atoms with E-state index >= 15 is 0 Å². The SMILES string of the molecule is CCCC[C@H](Br)C(=O)OC(c1ccccc1)[C@H](C)N(C)C. The van der Waals surface area contributed by atoms with Crippen LogP contribution in [0.4, 0.5) is 0 Å². The van der Waals surface area contributed by atoms with Crippen molar-refractivity contribution < 1.29 is 9.53 Å². The van der Waals surface area contributed by atoms with Crippen molar-refractivity contribution in [2.45, 2.75) is 50.1 Å². The highest BCUT2D eigenvalue weighted by Crippen LogP contribution is 2.26. The molecule has 0 amide bonds. The molecule has 0 N–H and O–H groups in total. The fraction of sp³-hybridized carbons (Fsp3) is 0.588. The van der Waals surface area contributed by atoms with E-state index in [0.717, 1.165) is 24.8 Å². The predicted molar refractivity (Wildman–Crippen MR) is 90.7 cm³/mol. The molecule has 4 heteroatoms. The summed E-state index contributed by atoms with van der Waals surface area (Å²) in [6, 6.07) is 10.0. The average Bonchev–Trinajstić information content (AvgIpc) is 2.49. The lowest BCUT2D eigenvalue weighted by atomic mass is 10.0. The van der Waals surface area contributed by atoms with Crippen LogP contribution in [0.1, 0.15) is 44.8 Å². The first-order chi connectivity index (χ1) is 9.97. The lowest BCUT2D eigenvalue weighted by Gasteiger charge is -2.30. The van der Waals surface area contributed by atoms with Gasteiger partial charge in [-0.05, 0) is 33.0 Å². The molecule has 0 radical (unpaired) electrons. The maximum atomic E-state index is 12.3. The number of ether oxygens (including phenoxy) is 1. The summed E-state index contributed by atoms with van der Waals surface area (Å²) in [5.41, 5.74) is 1.03. The van der Waals surface area contributed by atoms with Gasteiger partial charge in [0.05, 0.1) is 0 Å². The Morgan fingerprint density at radius 2 is 1.90 bits per heavy atom. The first-order valence-corrected chi connectivity index (χ1v) is 8.44. The summed E-state index contributed by atoms with van der Waals surface area (Å²) in [6.45, 7) is 4.19. The van der Waals surface area contributed by atoms with Crippen molar-refractivity contribution in [3.8, 4) is 0 Å². The van der Waals surface area contributed by atoms with Gasteiger partial charge in [0, 0.05) is 6.04 Å². The molecule has 1 rings (SSSR count). The molecule has 0 aliphatic rings. The smallest absolute Gasteiger partial charge is 0.320 e. The van der Waals surface area contributed by atoms with Gasteiger partial charge in [-0.3, -0.25) is 4.79 Å². The van der Waals surface area contributed by atoms with Crippen LogP contribution >= 0.6 is 15.9 Å². The summed E-state index contributed by atoms with van der Waals surface area (Å²) in [6.07, 6.45) is 2.65. The molecule has 21 heavy (non-hydrogen) atoms. The maximum Gasteiger partial charge on any atom is 0.320 e. The van der Waals surface area contributed by atoms with Gasteiger partial charge in [-0.1, -0.05) is 66.0 Å². The van der Waals surface area contributed by atoms with Crippen LogP contribution in [0, 0.1) is 0 Å². The van der Waals surface area contributed by atoms with Crippen molar-refractivity contribution in [1.29, 1.82) is 0 Å². The third kappa shape index (κ3) is 5.79. The number of likely N-dealkylation sites (N-methyl/N-ethyl adjacent to an activating group) is 1. The summed E-state index contributed by atoms with van der Waals surface area (Å²) in [7, 11) is 3.99. The van der Waals surface area contributed by atoms with Crippen molar-refractivity contribution in [2.24, 2.45) is 0 Å². The minimum atomic E-state index is -0.254. The Hall–Kier alpha value is -0.870. The molecule has 0 saturated heterocycles. The topological polar surface area (TPSA) is 29.5 Å². The number of carbonyl (C=O) groups excluding carboxylic acids is 1. The molecule has 0 aliphatic carbocycles. The molecule has 1 aromatic carbocycles. The van der Waals surface area contributed by atoms with Crippen LogP contribution in [0.15, 0.2) is 30.3 Å². The zero-order valence-electron chi connectivity index (χ0n) is 13.4. The second kappa shape index (κ2) is 9.21. The Bertz CT molecular complexity index is 422. The number of esters is 1. The van der Waals surface area contributed by atoms with Gasteiger partial charge in [-0.15, -0.1) is 0 Å². The Kier molecular flexibility index (Phi) is 7.97. The van der Waals surface area contributed by atoms with Gasteiger partial charge in [-0.2, -0.15) is 0 Å². The fourth-order valence-electron chi connectivity index (χ4n) is 2.06. The van der Waals surface area contributed by atoms with Crippen LogP contribution in [-0.2, 0) is 9.53 Å². The van der Waals surface area contributed by atoms with Crippen LogP contribution < -0.4 is 0 Å². The average molecular weight is 356 g/mol. The van der Waals surface area contributed by atoms with Crippen LogP contribution in [0.2, 0.25) is 0 Å². The zero-order chi connectivity index (χ0) is 15.8. The molecular weight excluding hydrogens is 330 g/mol. The van der Waals surface area contributed by atoms with Gasteiger partial charge in [-0.25, -0.2) is 0 Å². The normalized spacial score (nSPS) is 15.5. The van der Waals surface area contributed by atoms with E-state index < -0.39 is 0 Å². The number of rotatable bonds is 8. The highest BCUT2D eigenvalue weighted by molar-refractivity contribution is 9.10. The monoisotopic (exact) mass is 355 g/mol. The standard InChI is InChI=1S/C17H26BrNO2/c1-5-6-12-15(18)17(20)21-16(13(2)19(3)4)14-10-8-7-9-11-14/h7-11,13,15-16H,5-6,12H2,1-4H3/t13-,15-,16?/m0/s1. The lowest BCUT2D eigenvalue weighted by molar-refractivity contribution is -0.151. The molecule has 0 aromatic heterocycles. The molecule has 1 unspecified atom stereocenters. The molecule has 1 aromatic rings. The number of unbranched alkanes of at least 4 members (excludes halogenated alkanes) is 1. The predicted octanol–water partition coefficient (Wildman–Crippen LogP) is 4.17. The third-order valence-electron chi connectivity index (χ3n) is 3.69. The molecule has 3 nitrogen and oxygen atoms in total. The Morgan fingerprint density at radius 1 is 1.29 bits per heavy atom. The largest absolute Gasteiger partial charge is 0.455 e. The van der Waals surface area contributed by atoms with E-state index in [9.17, 15) is 4.79 Å². The van der Waals surface area contributed by atoms with E-state index in [4.69, 9.17) is 4.74 Å². The first-order valence-electron chi connectivity index (χ1n) is 7.53. The second-order valence-corrected chi connectivity index (χ2v) is 6.69. The second-order valence-electron chi connectivity index (χ2n) is 5.58. The molecule has 0 fully saturated rings. The molecule has 0 heterocycles. The van der Waals surface area contributed by atoms with E-state index in [1.54, 1.807) is 0 Å². The highest BCUT2D eigenvalue weighted by Gasteiger charge is 2.27. The third-order valence-corrected chi connectivity index (χ3v) is 4.52. The van der Waals surface area contributed by atoms with Gasteiger partial charge in [0.15, 0.2) is 0 Å². The molecule has 3 atom stereocenters. The number of carbonyl (C=O) groups is 1. The lowest BCUT2D eigenvalue weighted by Crippen LogP contribution is -2.35. The number of halogens is 1. The van der Waals surface area contributed by atoms with E-state index in [-0.39, 0.29) is 22.9 Å². The van der Waals surface area contributed by atoms with Gasteiger partial charge in [0.25, 0.3) is 0 Å². The number of alkyl halides is 1. The number of nitrogens with zero attached hydrogens (tertiary/aromatic N) is 1. The zero-order valence-corrected chi connectivity index (χ0v) is 15.0. The molecular formula is C17H26BrNO2.